The Kier molecular flexibility index (Phi) is 3.79. The number of rotatable bonds is 4. The van der Waals surface area contributed by atoms with Crippen molar-refractivity contribution in [3.8, 4) is 5.69 Å². The fourth-order valence-corrected chi connectivity index (χ4v) is 3.93. The van der Waals surface area contributed by atoms with E-state index in [1.54, 1.807) is 10.8 Å². The van der Waals surface area contributed by atoms with E-state index in [0.717, 1.165) is 27.8 Å². The first-order chi connectivity index (χ1) is 13.2. The molecular formula is C21H18N4OS. The minimum atomic E-state index is -0.282. The molecule has 134 valence electrons. The smallest absolute Gasteiger partial charge is 0.338 e. The van der Waals surface area contributed by atoms with Gasteiger partial charge in [0.1, 0.15) is 5.82 Å². The molecule has 5 rings (SSSR count). The lowest BCUT2D eigenvalue weighted by atomic mass is 10.1. The lowest BCUT2D eigenvalue weighted by Crippen LogP contribution is -2.23. The molecule has 27 heavy (non-hydrogen) atoms. The second-order valence-electron chi connectivity index (χ2n) is 6.95. The Hall–Kier alpha value is -2.99. The van der Waals surface area contributed by atoms with Crippen LogP contribution in [-0.4, -0.2) is 13.9 Å². The summed E-state index contributed by atoms with van der Waals surface area (Å²) in [5.41, 5.74) is 4.65. The summed E-state index contributed by atoms with van der Waals surface area (Å²) in [7, 11) is 0. The van der Waals surface area contributed by atoms with Gasteiger partial charge in [0.05, 0.1) is 23.1 Å². The van der Waals surface area contributed by atoms with E-state index in [4.69, 9.17) is 0 Å². The number of aryl methyl sites for hydroxylation is 1. The van der Waals surface area contributed by atoms with Gasteiger partial charge in [0.2, 0.25) is 0 Å². The lowest BCUT2D eigenvalue weighted by molar-refractivity contribution is 0.951. The molecule has 6 heteroatoms. The Bertz CT molecular complexity index is 1190. The molecule has 1 fully saturated rings. The summed E-state index contributed by atoms with van der Waals surface area (Å²) in [5, 5.41) is 6.08. The summed E-state index contributed by atoms with van der Waals surface area (Å²) >= 11 is 1.36. The molecule has 0 aliphatic heterocycles. The second-order valence-corrected chi connectivity index (χ2v) is 7.61. The molecular weight excluding hydrogens is 356 g/mol. The van der Waals surface area contributed by atoms with Crippen LogP contribution in [0.25, 0.3) is 16.6 Å². The van der Waals surface area contributed by atoms with Crippen molar-refractivity contribution in [1.82, 2.24) is 13.9 Å². The van der Waals surface area contributed by atoms with Gasteiger partial charge in [0.25, 0.3) is 0 Å². The van der Waals surface area contributed by atoms with Crippen molar-refractivity contribution in [2.24, 2.45) is 0 Å². The van der Waals surface area contributed by atoms with Gasteiger partial charge in [0, 0.05) is 10.8 Å². The van der Waals surface area contributed by atoms with E-state index in [1.807, 2.05) is 36.6 Å². The third-order valence-corrected chi connectivity index (χ3v) is 5.60. The molecule has 2 aromatic carbocycles. The number of aromatic nitrogens is 3. The normalized spacial score (nSPS) is 13.8. The summed E-state index contributed by atoms with van der Waals surface area (Å²) < 4.78 is 5.84. The fraction of sp³-hybridized carbons (Fsp3) is 0.190. The van der Waals surface area contributed by atoms with E-state index in [9.17, 15) is 4.79 Å². The zero-order valence-corrected chi connectivity index (χ0v) is 15.7. The van der Waals surface area contributed by atoms with Crippen LogP contribution in [0.2, 0.25) is 0 Å². The van der Waals surface area contributed by atoms with Gasteiger partial charge in [-0.25, -0.2) is 4.79 Å². The number of fused-ring (bicyclic) bond motifs is 1. The summed E-state index contributed by atoms with van der Waals surface area (Å²) in [5.74, 6) is 1.18. The molecule has 0 amide bonds. The number of nitrogens with one attached hydrogen (secondary N) is 1. The molecule has 1 N–H and O–H groups in total. The summed E-state index contributed by atoms with van der Waals surface area (Å²) in [6.07, 6.45) is 4.18. The van der Waals surface area contributed by atoms with Crippen LogP contribution in [0, 0.1) is 6.92 Å². The van der Waals surface area contributed by atoms with Gasteiger partial charge >= 0.3 is 5.69 Å². The van der Waals surface area contributed by atoms with Gasteiger partial charge in [-0.15, -0.1) is 0 Å². The Morgan fingerprint density at radius 2 is 2.04 bits per heavy atom. The van der Waals surface area contributed by atoms with E-state index in [2.05, 4.69) is 32.9 Å². The first-order valence-corrected chi connectivity index (χ1v) is 9.83. The predicted octanol–water partition coefficient (Wildman–Crippen LogP) is 4.77. The number of hydrogen-bond donors (Lipinski definition) is 1. The van der Waals surface area contributed by atoms with Crippen LogP contribution in [0.15, 0.2) is 58.8 Å². The van der Waals surface area contributed by atoms with Crippen LogP contribution in [-0.2, 0) is 0 Å². The van der Waals surface area contributed by atoms with Gasteiger partial charge < -0.3 is 5.32 Å². The summed E-state index contributed by atoms with van der Waals surface area (Å²) in [4.78, 5) is 17.4. The maximum Gasteiger partial charge on any atom is 0.354 e. The number of benzene rings is 2. The molecule has 0 bridgehead atoms. The van der Waals surface area contributed by atoms with E-state index >= 15 is 0 Å². The van der Waals surface area contributed by atoms with Gasteiger partial charge in [-0.05, 0) is 66.5 Å². The molecule has 0 saturated heterocycles. The van der Waals surface area contributed by atoms with E-state index < -0.39 is 0 Å². The maximum absolute atomic E-state index is 13.0. The molecule has 1 aliphatic rings. The van der Waals surface area contributed by atoms with Crippen molar-refractivity contribution in [3.63, 3.8) is 0 Å². The van der Waals surface area contributed by atoms with Crippen molar-refractivity contribution in [2.75, 3.05) is 5.32 Å². The van der Waals surface area contributed by atoms with E-state index in [-0.39, 0.29) is 5.69 Å². The van der Waals surface area contributed by atoms with Crippen LogP contribution >= 0.6 is 11.5 Å². The molecule has 5 nitrogen and oxygen atoms in total. The standard InChI is InChI=1S/C21H18N4OS/c1-13-4-2-3-5-18(13)25-19-10-15(14-6-7-14)8-9-17(19)20(24-21(25)26)23-16-11-22-27-12-16/h2-5,8-12,14H,6-7H2,1H3,(H,23,24,26). The maximum atomic E-state index is 13.0. The van der Waals surface area contributed by atoms with Gasteiger partial charge in [0.15, 0.2) is 0 Å². The second kappa shape index (κ2) is 6.32. The molecule has 0 atom stereocenters. The highest BCUT2D eigenvalue weighted by molar-refractivity contribution is 7.04. The molecule has 1 aliphatic carbocycles. The number of para-hydroxylation sites is 1. The Morgan fingerprint density at radius 1 is 1.19 bits per heavy atom. The van der Waals surface area contributed by atoms with Crippen molar-refractivity contribution < 1.29 is 0 Å². The van der Waals surface area contributed by atoms with E-state index in [0.29, 0.717) is 11.7 Å². The van der Waals surface area contributed by atoms with Gasteiger partial charge in [-0.1, -0.05) is 24.3 Å². The van der Waals surface area contributed by atoms with Crippen molar-refractivity contribution >= 4 is 33.9 Å². The SMILES string of the molecule is Cc1ccccc1-n1c(=O)nc(Nc2cnsc2)c2ccc(C3CC3)cc21. The van der Waals surface area contributed by atoms with Crippen LogP contribution < -0.4 is 11.0 Å². The summed E-state index contributed by atoms with van der Waals surface area (Å²) in [6.45, 7) is 2.02. The quantitative estimate of drug-likeness (QED) is 0.559. The first kappa shape index (κ1) is 16.2. The van der Waals surface area contributed by atoms with Crippen LogP contribution in [0.1, 0.15) is 29.9 Å². The molecule has 2 aromatic heterocycles. The lowest BCUT2D eigenvalue weighted by Gasteiger charge is -2.16. The highest BCUT2D eigenvalue weighted by Gasteiger charge is 2.24. The van der Waals surface area contributed by atoms with Crippen LogP contribution in [0.3, 0.4) is 0 Å². The molecule has 1 saturated carbocycles. The largest absolute Gasteiger partial charge is 0.354 e. The molecule has 4 aromatic rings. The van der Waals surface area contributed by atoms with Gasteiger partial charge in [-0.2, -0.15) is 9.36 Å². The van der Waals surface area contributed by atoms with Crippen molar-refractivity contribution in [2.45, 2.75) is 25.7 Å². The van der Waals surface area contributed by atoms with Crippen molar-refractivity contribution in [1.29, 1.82) is 0 Å². The van der Waals surface area contributed by atoms with Crippen LogP contribution in [0.4, 0.5) is 11.5 Å². The average Bonchev–Trinajstić information content (AvgIpc) is 3.40. The summed E-state index contributed by atoms with van der Waals surface area (Å²) in [6, 6.07) is 14.3. The monoisotopic (exact) mass is 374 g/mol. The van der Waals surface area contributed by atoms with Crippen molar-refractivity contribution in [3.05, 3.63) is 75.7 Å². The zero-order chi connectivity index (χ0) is 18.4. The molecule has 0 unspecified atom stereocenters. The third-order valence-electron chi connectivity index (χ3n) is 5.02. The Labute approximate surface area is 160 Å². The first-order valence-electron chi connectivity index (χ1n) is 9.00. The molecule has 0 radical (unpaired) electrons. The minimum absolute atomic E-state index is 0.282. The van der Waals surface area contributed by atoms with Gasteiger partial charge in [-0.3, -0.25) is 4.57 Å². The third kappa shape index (κ3) is 2.92. The fourth-order valence-electron chi connectivity index (χ4n) is 3.46. The predicted molar refractivity (Wildman–Crippen MR) is 109 cm³/mol. The molecule has 2 heterocycles. The van der Waals surface area contributed by atoms with E-state index in [1.165, 1.54) is 29.9 Å². The average molecular weight is 374 g/mol. The number of nitrogens with zero attached hydrogens (tertiary/aromatic N) is 3. The topological polar surface area (TPSA) is 59.8 Å². The Morgan fingerprint density at radius 3 is 2.78 bits per heavy atom. The number of anilines is 2. The van der Waals surface area contributed by atoms with Crippen LogP contribution in [0.5, 0.6) is 0 Å². The Balaban J connectivity index is 1.79. The number of hydrogen-bond acceptors (Lipinski definition) is 5. The highest BCUT2D eigenvalue weighted by atomic mass is 32.1. The molecule has 0 spiro atoms. The highest BCUT2D eigenvalue weighted by Crippen LogP contribution is 2.41. The minimum Gasteiger partial charge on any atom is -0.338 e. The zero-order valence-electron chi connectivity index (χ0n) is 14.8.